The van der Waals surface area contributed by atoms with Gasteiger partial charge in [-0.1, -0.05) is 34.5 Å². The molecule has 0 aliphatic carbocycles. The van der Waals surface area contributed by atoms with Gasteiger partial charge in [0.1, 0.15) is 19.0 Å². The summed E-state index contributed by atoms with van der Waals surface area (Å²) in [7, 11) is 1.85. The topological polar surface area (TPSA) is 62.1 Å². The van der Waals surface area contributed by atoms with E-state index in [0.29, 0.717) is 45.3 Å². The van der Waals surface area contributed by atoms with E-state index in [0.717, 1.165) is 10.2 Å². The molecular formula is C18H14Cl2N2O4S. The number of amides is 1. The van der Waals surface area contributed by atoms with Gasteiger partial charge in [0, 0.05) is 24.2 Å². The third-order valence-corrected chi connectivity index (χ3v) is 5.56. The number of benzene rings is 2. The van der Waals surface area contributed by atoms with E-state index >= 15 is 0 Å². The van der Waals surface area contributed by atoms with E-state index in [2.05, 4.69) is 4.99 Å². The van der Waals surface area contributed by atoms with Crippen LogP contribution in [-0.2, 0) is 11.8 Å². The van der Waals surface area contributed by atoms with Crippen molar-refractivity contribution in [2.75, 3.05) is 19.8 Å². The molecule has 1 amide bonds. The van der Waals surface area contributed by atoms with Crippen molar-refractivity contribution in [3.05, 3.63) is 45.2 Å². The van der Waals surface area contributed by atoms with Crippen molar-refractivity contribution in [2.24, 2.45) is 12.0 Å². The Kier molecular flexibility index (Phi) is 4.99. The Hall–Kier alpha value is -2.22. The van der Waals surface area contributed by atoms with Crippen LogP contribution in [0, 0.1) is 0 Å². The van der Waals surface area contributed by atoms with Crippen LogP contribution in [0.1, 0.15) is 0 Å². The lowest BCUT2D eigenvalue weighted by Crippen LogP contribution is -2.17. The fraction of sp³-hybridized carbons (Fsp3) is 0.222. The maximum atomic E-state index is 12.2. The molecule has 0 fully saturated rings. The third-order valence-electron chi connectivity index (χ3n) is 3.94. The number of nitrogens with zero attached hydrogens (tertiary/aromatic N) is 2. The highest BCUT2D eigenvalue weighted by Gasteiger charge is 2.15. The van der Waals surface area contributed by atoms with Crippen LogP contribution in [0.4, 0.5) is 0 Å². The number of hydrogen-bond donors (Lipinski definition) is 0. The minimum absolute atomic E-state index is 0.224. The number of thiazole rings is 1. The van der Waals surface area contributed by atoms with E-state index in [9.17, 15) is 4.79 Å². The van der Waals surface area contributed by atoms with Crippen LogP contribution < -0.4 is 19.0 Å². The zero-order chi connectivity index (χ0) is 19.0. The second kappa shape index (κ2) is 7.42. The first-order valence-electron chi connectivity index (χ1n) is 8.06. The molecule has 0 radical (unpaired) electrons. The van der Waals surface area contributed by atoms with Crippen LogP contribution in [0.3, 0.4) is 0 Å². The number of fused-ring (bicyclic) bond motifs is 2. The molecule has 2 aromatic carbocycles. The Labute approximate surface area is 168 Å². The Morgan fingerprint density at radius 1 is 1.22 bits per heavy atom. The number of hydrogen-bond acceptors (Lipinski definition) is 5. The Balaban J connectivity index is 1.58. The molecular weight excluding hydrogens is 411 g/mol. The molecule has 2 heterocycles. The predicted molar refractivity (Wildman–Crippen MR) is 104 cm³/mol. The highest BCUT2D eigenvalue weighted by atomic mass is 35.5. The SMILES string of the molecule is Cn1c(=NC(=O)COc2ccc(Cl)cc2Cl)sc2cc3c(cc21)OCCO3. The fourth-order valence-electron chi connectivity index (χ4n) is 2.64. The van der Waals surface area contributed by atoms with Gasteiger partial charge < -0.3 is 18.8 Å². The molecule has 6 nitrogen and oxygen atoms in total. The van der Waals surface area contributed by atoms with Gasteiger partial charge in [0.05, 0.1) is 15.2 Å². The van der Waals surface area contributed by atoms with Crippen LogP contribution in [0.15, 0.2) is 35.3 Å². The van der Waals surface area contributed by atoms with Crippen LogP contribution in [0.25, 0.3) is 10.2 Å². The summed E-state index contributed by atoms with van der Waals surface area (Å²) in [6, 6.07) is 8.61. The quantitative estimate of drug-likeness (QED) is 0.640. The molecule has 0 N–H and O–H groups in total. The van der Waals surface area contributed by atoms with E-state index < -0.39 is 5.91 Å². The van der Waals surface area contributed by atoms with Gasteiger partial charge in [-0.15, -0.1) is 0 Å². The zero-order valence-electron chi connectivity index (χ0n) is 14.2. The lowest BCUT2D eigenvalue weighted by atomic mass is 10.3. The third kappa shape index (κ3) is 3.76. The Morgan fingerprint density at radius 2 is 1.96 bits per heavy atom. The van der Waals surface area contributed by atoms with Gasteiger partial charge in [0.2, 0.25) is 0 Å². The zero-order valence-corrected chi connectivity index (χ0v) is 16.5. The van der Waals surface area contributed by atoms with Crippen molar-refractivity contribution in [3.63, 3.8) is 0 Å². The van der Waals surface area contributed by atoms with Crippen LogP contribution in [0.2, 0.25) is 10.0 Å². The predicted octanol–water partition coefficient (Wildman–Crippen LogP) is 3.82. The van der Waals surface area contributed by atoms with Crippen molar-refractivity contribution >= 4 is 50.7 Å². The number of carbonyl (C=O) groups excluding carboxylic acids is 1. The second-order valence-electron chi connectivity index (χ2n) is 5.78. The molecule has 0 saturated heterocycles. The Morgan fingerprint density at radius 3 is 2.70 bits per heavy atom. The number of aryl methyl sites for hydroxylation is 1. The van der Waals surface area contributed by atoms with Gasteiger partial charge >= 0.3 is 0 Å². The molecule has 3 aromatic rings. The van der Waals surface area contributed by atoms with Crippen molar-refractivity contribution in [2.45, 2.75) is 0 Å². The minimum atomic E-state index is -0.416. The van der Waals surface area contributed by atoms with Crippen molar-refractivity contribution in [1.29, 1.82) is 0 Å². The standard InChI is InChI=1S/C18H14Cl2N2O4S/c1-22-12-7-14-15(25-5-4-24-14)8-16(12)27-18(22)21-17(23)9-26-13-3-2-10(19)6-11(13)20/h2-3,6-8H,4-5,9H2,1H3. The molecule has 0 saturated carbocycles. The molecule has 0 atom stereocenters. The molecule has 1 aromatic heterocycles. The van der Waals surface area contributed by atoms with Gasteiger partial charge in [-0.3, -0.25) is 4.79 Å². The molecule has 0 unspecified atom stereocenters. The number of halogens is 2. The lowest BCUT2D eigenvalue weighted by Gasteiger charge is -2.18. The summed E-state index contributed by atoms with van der Waals surface area (Å²) in [5.74, 6) is 1.36. The lowest BCUT2D eigenvalue weighted by molar-refractivity contribution is -0.120. The number of ether oxygens (including phenoxy) is 3. The smallest absolute Gasteiger partial charge is 0.286 e. The molecule has 9 heteroatoms. The number of aromatic nitrogens is 1. The van der Waals surface area contributed by atoms with E-state index in [1.54, 1.807) is 18.2 Å². The monoisotopic (exact) mass is 424 g/mol. The average molecular weight is 425 g/mol. The summed E-state index contributed by atoms with van der Waals surface area (Å²) in [5, 5.41) is 0.838. The largest absolute Gasteiger partial charge is 0.486 e. The second-order valence-corrected chi connectivity index (χ2v) is 7.63. The molecule has 1 aliphatic rings. The first kappa shape index (κ1) is 18.2. The van der Waals surface area contributed by atoms with Gasteiger partial charge in [-0.2, -0.15) is 4.99 Å². The maximum Gasteiger partial charge on any atom is 0.286 e. The minimum Gasteiger partial charge on any atom is -0.486 e. The van der Waals surface area contributed by atoms with E-state index in [-0.39, 0.29) is 6.61 Å². The van der Waals surface area contributed by atoms with Gasteiger partial charge in [0.15, 0.2) is 22.9 Å². The van der Waals surface area contributed by atoms with E-state index in [1.807, 2.05) is 23.7 Å². The average Bonchev–Trinajstić information content (AvgIpc) is 2.94. The molecule has 0 spiro atoms. The fourth-order valence-corrected chi connectivity index (χ4v) is 4.15. The number of carbonyl (C=O) groups is 1. The number of rotatable bonds is 3. The van der Waals surface area contributed by atoms with Gasteiger partial charge in [-0.25, -0.2) is 0 Å². The summed E-state index contributed by atoms with van der Waals surface area (Å²) in [4.78, 5) is 16.9. The highest BCUT2D eigenvalue weighted by Crippen LogP contribution is 2.35. The molecule has 140 valence electrons. The van der Waals surface area contributed by atoms with Crippen molar-refractivity contribution in [3.8, 4) is 17.2 Å². The van der Waals surface area contributed by atoms with Crippen LogP contribution >= 0.6 is 34.5 Å². The normalized spacial score (nSPS) is 13.8. The Bertz CT molecular complexity index is 1110. The van der Waals surface area contributed by atoms with Crippen LogP contribution in [-0.4, -0.2) is 30.3 Å². The molecule has 1 aliphatic heterocycles. The summed E-state index contributed by atoms with van der Waals surface area (Å²) in [6.07, 6.45) is 0. The first-order valence-corrected chi connectivity index (χ1v) is 9.63. The van der Waals surface area contributed by atoms with Crippen molar-refractivity contribution < 1.29 is 19.0 Å². The summed E-state index contributed by atoms with van der Waals surface area (Å²) in [6.45, 7) is 0.821. The molecule has 4 rings (SSSR count). The summed E-state index contributed by atoms with van der Waals surface area (Å²) < 4.78 is 19.4. The molecule has 27 heavy (non-hydrogen) atoms. The summed E-state index contributed by atoms with van der Waals surface area (Å²) in [5.41, 5.74) is 0.914. The van der Waals surface area contributed by atoms with E-state index in [4.69, 9.17) is 37.4 Å². The van der Waals surface area contributed by atoms with Crippen LogP contribution in [0.5, 0.6) is 17.2 Å². The molecule has 0 bridgehead atoms. The van der Waals surface area contributed by atoms with Crippen molar-refractivity contribution in [1.82, 2.24) is 4.57 Å². The maximum absolute atomic E-state index is 12.2. The summed E-state index contributed by atoms with van der Waals surface area (Å²) >= 11 is 13.3. The van der Waals surface area contributed by atoms with Gasteiger partial charge in [0.25, 0.3) is 5.91 Å². The van der Waals surface area contributed by atoms with Gasteiger partial charge in [-0.05, 0) is 18.2 Å². The van der Waals surface area contributed by atoms with E-state index in [1.165, 1.54) is 11.3 Å². The first-order chi connectivity index (χ1) is 13.0. The highest BCUT2D eigenvalue weighted by molar-refractivity contribution is 7.16.